The molecule has 0 amide bonds. The molecule has 1 aliphatic carbocycles. The highest BCUT2D eigenvalue weighted by Crippen LogP contribution is 2.23. The van der Waals surface area contributed by atoms with Crippen LogP contribution in [0.3, 0.4) is 0 Å². The molecular formula is C12H18O. The third kappa shape index (κ3) is 3.17. The topological polar surface area (TPSA) is 17.1 Å². The Morgan fingerprint density at radius 3 is 2.62 bits per heavy atom. The fourth-order valence-corrected chi connectivity index (χ4v) is 1.75. The predicted molar refractivity (Wildman–Crippen MR) is 55.5 cm³/mol. The van der Waals surface area contributed by atoms with Gasteiger partial charge in [0.25, 0.3) is 0 Å². The minimum Gasteiger partial charge on any atom is -0.299 e. The van der Waals surface area contributed by atoms with Gasteiger partial charge in [-0.05, 0) is 26.2 Å². The van der Waals surface area contributed by atoms with E-state index in [4.69, 9.17) is 0 Å². The maximum absolute atomic E-state index is 11.0. The molecule has 1 aliphatic rings. The normalized spacial score (nSPS) is 19.3. The van der Waals surface area contributed by atoms with E-state index in [0.29, 0.717) is 18.1 Å². The zero-order valence-corrected chi connectivity index (χ0v) is 8.76. The van der Waals surface area contributed by atoms with Crippen LogP contribution in [0.4, 0.5) is 0 Å². The highest BCUT2D eigenvalue weighted by molar-refractivity contribution is 5.81. The number of hydrogen-bond donors (Lipinski definition) is 0. The van der Waals surface area contributed by atoms with Gasteiger partial charge in [0.15, 0.2) is 0 Å². The van der Waals surface area contributed by atoms with Crippen LogP contribution in [0.1, 0.15) is 40.0 Å². The van der Waals surface area contributed by atoms with Gasteiger partial charge in [-0.15, -0.1) is 0 Å². The Kier molecular flexibility index (Phi) is 3.47. The average molecular weight is 178 g/mol. The van der Waals surface area contributed by atoms with E-state index >= 15 is 0 Å². The number of rotatable bonds is 2. The Balaban J connectivity index is 2.62. The summed E-state index contributed by atoms with van der Waals surface area (Å²) in [5, 5.41) is 0. The number of carbonyl (C=O) groups is 1. The molecular weight excluding hydrogens is 160 g/mol. The minimum atomic E-state index is 0.383. The lowest BCUT2D eigenvalue weighted by atomic mass is 9.89. The summed E-state index contributed by atoms with van der Waals surface area (Å²) in [4.78, 5) is 11.0. The first-order valence-corrected chi connectivity index (χ1v) is 4.95. The summed E-state index contributed by atoms with van der Waals surface area (Å²) in [6, 6.07) is 0. The van der Waals surface area contributed by atoms with Gasteiger partial charge in [0, 0.05) is 12.8 Å². The van der Waals surface area contributed by atoms with E-state index < -0.39 is 0 Å². The molecule has 0 saturated carbocycles. The number of ketones is 1. The molecule has 0 bridgehead atoms. The van der Waals surface area contributed by atoms with Gasteiger partial charge in [0.1, 0.15) is 5.78 Å². The zero-order chi connectivity index (χ0) is 9.84. The molecule has 0 N–H and O–H groups in total. The molecule has 1 heteroatoms. The van der Waals surface area contributed by atoms with Crippen molar-refractivity contribution in [3.63, 3.8) is 0 Å². The summed E-state index contributed by atoms with van der Waals surface area (Å²) in [5.41, 5.74) is 2.78. The molecule has 13 heavy (non-hydrogen) atoms. The van der Waals surface area contributed by atoms with Crippen molar-refractivity contribution >= 4 is 5.78 Å². The summed E-state index contributed by atoms with van der Waals surface area (Å²) < 4.78 is 0. The van der Waals surface area contributed by atoms with Gasteiger partial charge in [-0.1, -0.05) is 30.2 Å². The molecule has 0 spiro atoms. The third-order valence-corrected chi connectivity index (χ3v) is 2.45. The molecule has 0 aliphatic heterocycles. The van der Waals surface area contributed by atoms with E-state index in [1.807, 2.05) is 0 Å². The summed E-state index contributed by atoms with van der Waals surface area (Å²) in [5.74, 6) is 0.895. The predicted octanol–water partition coefficient (Wildman–Crippen LogP) is 3.27. The summed E-state index contributed by atoms with van der Waals surface area (Å²) >= 11 is 0. The molecule has 1 nitrogen and oxygen atoms in total. The monoisotopic (exact) mass is 178 g/mol. The number of hydrogen-bond acceptors (Lipinski definition) is 1. The first-order valence-electron chi connectivity index (χ1n) is 4.95. The lowest BCUT2D eigenvalue weighted by Gasteiger charge is -2.16. The van der Waals surface area contributed by atoms with Gasteiger partial charge < -0.3 is 0 Å². The van der Waals surface area contributed by atoms with Crippen LogP contribution in [0.2, 0.25) is 0 Å². The quantitative estimate of drug-likeness (QED) is 0.593. The molecule has 0 saturated heterocycles. The van der Waals surface area contributed by atoms with Crippen LogP contribution < -0.4 is 0 Å². The molecule has 1 atom stereocenters. The van der Waals surface area contributed by atoms with Crippen LogP contribution in [0.25, 0.3) is 0 Å². The van der Waals surface area contributed by atoms with Gasteiger partial charge >= 0.3 is 0 Å². The molecule has 0 heterocycles. The summed E-state index contributed by atoms with van der Waals surface area (Å²) in [7, 11) is 0. The van der Waals surface area contributed by atoms with Gasteiger partial charge in [-0.3, -0.25) is 4.79 Å². The van der Waals surface area contributed by atoms with Crippen molar-refractivity contribution in [1.82, 2.24) is 0 Å². The zero-order valence-electron chi connectivity index (χ0n) is 8.76. The minimum absolute atomic E-state index is 0.383. The molecule has 0 radical (unpaired) electrons. The molecule has 0 fully saturated rings. The van der Waals surface area contributed by atoms with E-state index in [-0.39, 0.29) is 0 Å². The molecule has 0 aromatic carbocycles. The van der Waals surface area contributed by atoms with Gasteiger partial charge in [0.2, 0.25) is 0 Å². The van der Waals surface area contributed by atoms with Crippen molar-refractivity contribution < 1.29 is 4.79 Å². The second-order valence-corrected chi connectivity index (χ2v) is 4.05. The Labute approximate surface area is 80.5 Å². The first kappa shape index (κ1) is 10.2. The number of allylic oxidation sites excluding steroid dienone is 4. The van der Waals surface area contributed by atoms with Crippen LogP contribution in [0.5, 0.6) is 0 Å². The van der Waals surface area contributed by atoms with Crippen LogP contribution in [-0.4, -0.2) is 5.78 Å². The average Bonchev–Trinajstić information content (AvgIpc) is 2.04. The lowest BCUT2D eigenvalue weighted by Crippen LogP contribution is -2.07. The fraction of sp³-hybridized carbons (Fsp3) is 0.583. The molecule has 1 rings (SSSR count). The van der Waals surface area contributed by atoms with Crippen LogP contribution in [0.15, 0.2) is 23.3 Å². The Morgan fingerprint density at radius 2 is 2.15 bits per heavy atom. The Hall–Kier alpha value is -0.850. The highest BCUT2D eigenvalue weighted by Gasteiger charge is 2.13. The molecule has 0 aromatic rings. The second kappa shape index (κ2) is 4.40. The van der Waals surface area contributed by atoms with Crippen molar-refractivity contribution in [3.8, 4) is 0 Å². The van der Waals surface area contributed by atoms with Crippen LogP contribution in [-0.2, 0) is 4.79 Å². The smallest absolute Gasteiger partial charge is 0.136 e. The lowest BCUT2D eigenvalue weighted by molar-refractivity contribution is -0.118. The van der Waals surface area contributed by atoms with Crippen molar-refractivity contribution in [2.75, 3.05) is 0 Å². The van der Waals surface area contributed by atoms with Crippen molar-refractivity contribution in [2.24, 2.45) is 5.92 Å². The Morgan fingerprint density at radius 1 is 1.46 bits per heavy atom. The highest BCUT2D eigenvalue weighted by atomic mass is 16.1. The van der Waals surface area contributed by atoms with E-state index in [1.54, 1.807) is 0 Å². The Bertz CT molecular complexity index is 254. The van der Waals surface area contributed by atoms with Crippen molar-refractivity contribution in [1.29, 1.82) is 0 Å². The van der Waals surface area contributed by atoms with E-state index in [1.165, 1.54) is 11.1 Å². The summed E-state index contributed by atoms with van der Waals surface area (Å²) in [6.45, 7) is 6.44. The standard InChI is InChI=1S/C12H18O/c1-9(2)8-10(3)11-4-6-12(13)7-5-11/h4,8,10H,5-7H2,1-3H3. The molecule has 1 unspecified atom stereocenters. The maximum Gasteiger partial charge on any atom is 0.136 e. The largest absolute Gasteiger partial charge is 0.299 e. The second-order valence-electron chi connectivity index (χ2n) is 4.05. The number of Topliss-reactive ketones (excluding diaryl/α,β-unsaturated/α-hetero) is 1. The van der Waals surface area contributed by atoms with Crippen molar-refractivity contribution in [3.05, 3.63) is 23.3 Å². The van der Waals surface area contributed by atoms with Crippen molar-refractivity contribution in [2.45, 2.75) is 40.0 Å². The van der Waals surface area contributed by atoms with Gasteiger partial charge in [-0.2, -0.15) is 0 Å². The summed E-state index contributed by atoms with van der Waals surface area (Å²) in [6.07, 6.45) is 6.73. The van der Waals surface area contributed by atoms with Gasteiger partial charge in [0.05, 0.1) is 0 Å². The first-order chi connectivity index (χ1) is 6.09. The van der Waals surface area contributed by atoms with Crippen LogP contribution >= 0.6 is 0 Å². The fourth-order valence-electron chi connectivity index (χ4n) is 1.75. The van der Waals surface area contributed by atoms with E-state index in [2.05, 4.69) is 32.9 Å². The molecule has 0 aromatic heterocycles. The number of carbonyl (C=O) groups excluding carboxylic acids is 1. The SMILES string of the molecule is CC(C)=CC(C)C1=CCC(=O)CC1. The van der Waals surface area contributed by atoms with Crippen LogP contribution in [0, 0.1) is 5.92 Å². The molecule has 72 valence electrons. The van der Waals surface area contributed by atoms with E-state index in [9.17, 15) is 4.79 Å². The van der Waals surface area contributed by atoms with Gasteiger partial charge in [-0.25, -0.2) is 0 Å². The third-order valence-electron chi connectivity index (χ3n) is 2.45. The van der Waals surface area contributed by atoms with E-state index in [0.717, 1.165) is 12.8 Å². The maximum atomic E-state index is 11.0.